The van der Waals surface area contributed by atoms with Crippen LogP contribution in [0.1, 0.15) is 13.3 Å². The minimum absolute atomic E-state index is 0.0513. The Morgan fingerprint density at radius 1 is 1.42 bits per heavy atom. The second kappa shape index (κ2) is 6.15. The van der Waals surface area contributed by atoms with Gasteiger partial charge in [0.2, 0.25) is 5.91 Å². The Bertz CT molecular complexity index is 532. The molecule has 3 N–H and O–H groups in total. The molecule has 0 saturated carbocycles. The zero-order valence-electron chi connectivity index (χ0n) is 10.9. The van der Waals surface area contributed by atoms with Crippen molar-refractivity contribution in [2.75, 3.05) is 11.9 Å². The van der Waals surface area contributed by atoms with E-state index in [4.69, 9.17) is 5.73 Å². The summed E-state index contributed by atoms with van der Waals surface area (Å²) in [5.74, 6) is -0.213. The first-order chi connectivity index (χ1) is 9.26. The Hall–Kier alpha value is -2.14. The molecule has 1 heterocycles. The van der Waals surface area contributed by atoms with Gasteiger partial charge in [0, 0.05) is 18.9 Å². The second-order valence-corrected chi connectivity index (χ2v) is 4.30. The van der Waals surface area contributed by atoms with Gasteiger partial charge in [-0.25, -0.2) is 4.68 Å². The van der Waals surface area contributed by atoms with E-state index in [1.807, 2.05) is 43.5 Å². The number of benzene rings is 1. The van der Waals surface area contributed by atoms with Crippen molar-refractivity contribution < 1.29 is 4.79 Å². The Kier molecular flexibility index (Phi) is 4.30. The van der Waals surface area contributed by atoms with Gasteiger partial charge in [-0.1, -0.05) is 19.1 Å². The summed E-state index contributed by atoms with van der Waals surface area (Å²) < 4.78 is 1.72. The molecule has 1 amide bonds. The predicted molar refractivity (Wildman–Crippen MR) is 75.0 cm³/mol. The van der Waals surface area contributed by atoms with Crippen LogP contribution in [0, 0.1) is 5.92 Å². The molecule has 2 aromatic rings. The van der Waals surface area contributed by atoms with Gasteiger partial charge in [-0.2, -0.15) is 5.10 Å². The summed E-state index contributed by atoms with van der Waals surface area (Å²) in [5.41, 5.74) is 7.17. The van der Waals surface area contributed by atoms with Crippen molar-refractivity contribution in [3.63, 3.8) is 0 Å². The summed E-state index contributed by atoms with van der Waals surface area (Å²) in [5, 5.41) is 7.10. The average molecular weight is 258 g/mol. The lowest BCUT2D eigenvalue weighted by molar-refractivity contribution is -0.119. The highest BCUT2D eigenvalue weighted by Crippen LogP contribution is 2.20. The highest BCUT2D eigenvalue weighted by Gasteiger charge is 2.16. The van der Waals surface area contributed by atoms with Crippen LogP contribution in [0.5, 0.6) is 0 Å². The van der Waals surface area contributed by atoms with E-state index >= 15 is 0 Å². The maximum Gasteiger partial charge on any atom is 0.228 e. The standard InChI is InChI=1S/C14H18N4O/c1-2-11(10-15)14(19)17-12-6-3-4-7-13(12)18-9-5-8-16-18/h3-9,11H,2,10,15H2,1H3,(H,17,19). The number of carbonyl (C=O) groups excluding carboxylic acids is 1. The fraction of sp³-hybridized carbons (Fsp3) is 0.286. The van der Waals surface area contributed by atoms with Crippen molar-refractivity contribution in [3.05, 3.63) is 42.7 Å². The molecule has 1 unspecified atom stereocenters. The van der Waals surface area contributed by atoms with Crippen LogP contribution in [0.25, 0.3) is 5.69 Å². The Balaban J connectivity index is 2.24. The van der Waals surface area contributed by atoms with Crippen LogP contribution in [0.2, 0.25) is 0 Å². The molecule has 0 fully saturated rings. The SMILES string of the molecule is CCC(CN)C(=O)Nc1ccccc1-n1cccn1. The first-order valence-electron chi connectivity index (χ1n) is 6.36. The predicted octanol–water partition coefficient (Wildman–Crippen LogP) is 1.80. The summed E-state index contributed by atoms with van der Waals surface area (Å²) >= 11 is 0. The van der Waals surface area contributed by atoms with Crippen molar-refractivity contribution in [1.29, 1.82) is 0 Å². The number of hydrogen-bond acceptors (Lipinski definition) is 3. The molecule has 0 bridgehead atoms. The number of nitrogens with zero attached hydrogens (tertiary/aromatic N) is 2. The van der Waals surface area contributed by atoms with E-state index in [9.17, 15) is 4.79 Å². The van der Waals surface area contributed by atoms with E-state index in [-0.39, 0.29) is 11.8 Å². The van der Waals surface area contributed by atoms with Crippen LogP contribution in [-0.2, 0) is 4.79 Å². The third-order valence-electron chi connectivity index (χ3n) is 3.06. The van der Waals surface area contributed by atoms with Gasteiger partial charge in [-0.15, -0.1) is 0 Å². The number of para-hydroxylation sites is 2. The minimum Gasteiger partial charge on any atom is -0.330 e. The molecule has 0 radical (unpaired) electrons. The normalized spacial score (nSPS) is 12.1. The zero-order chi connectivity index (χ0) is 13.7. The number of amides is 1. The lowest BCUT2D eigenvalue weighted by Crippen LogP contribution is -2.29. The molecule has 100 valence electrons. The molecule has 1 atom stereocenters. The van der Waals surface area contributed by atoms with Gasteiger partial charge >= 0.3 is 0 Å². The van der Waals surface area contributed by atoms with Crippen molar-refractivity contribution in [1.82, 2.24) is 9.78 Å². The number of anilines is 1. The highest BCUT2D eigenvalue weighted by molar-refractivity contribution is 5.94. The van der Waals surface area contributed by atoms with Gasteiger partial charge in [0.1, 0.15) is 0 Å². The number of carbonyl (C=O) groups is 1. The fourth-order valence-electron chi connectivity index (χ4n) is 1.88. The van der Waals surface area contributed by atoms with Gasteiger partial charge in [0.05, 0.1) is 17.3 Å². The molecule has 0 aliphatic rings. The smallest absolute Gasteiger partial charge is 0.228 e. The molecule has 0 aliphatic carbocycles. The van der Waals surface area contributed by atoms with Crippen LogP contribution in [-0.4, -0.2) is 22.2 Å². The lowest BCUT2D eigenvalue weighted by Gasteiger charge is -2.15. The van der Waals surface area contributed by atoms with E-state index in [2.05, 4.69) is 10.4 Å². The Morgan fingerprint density at radius 3 is 2.84 bits per heavy atom. The number of hydrogen-bond donors (Lipinski definition) is 2. The van der Waals surface area contributed by atoms with Crippen molar-refractivity contribution in [2.45, 2.75) is 13.3 Å². The van der Waals surface area contributed by atoms with Crippen LogP contribution in [0.4, 0.5) is 5.69 Å². The van der Waals surface area contributed by atoms with Gasteiger partial charge in [0.25, 0.3) is 0 Å². The Morgan fingerprint density at radius 2 is 2.21 bits per heavy atom. The molecule has 5 nitrogen and oxygen atoms in total. The number of rotatable bonds is 5. The van der Waals surface area contributed by atoms with Gasteiger partial charge in [0.15, 0.2) is 0 Å². The quantitative estimate of drug-likeness (QED) is 0.858. The molecular formula is C14H18N4O. The van der Waals surface area contributed by atoms with Crippen molar-refractivity contribution >= 4 is 11.6 Å². The third-order valence-corrected chi connectivity index (χ3v) is 3.06. The second-order valence-electron chi connectivity index (χ2n) is 4.30. The van der Waals surface area contributed by atoms with Crippen LogP contribution < -0.4 is 11.1 Å². The van der Waals surface area contributed by atoms with Crippen LogP contribution >= 0.6 is 0 Å². The van der Waals surface area contributed by atoms with Crippen molar-refractivity contribution in [2.24, 2.45) is 11.7 Å². The molecule has 1 aromatic carbocycles. The molecule has 2 rings (SSSR count). The molecule has 19 heavy (non-hydrogen) atoms. The summed E-state index contributed by atoms with van der Waals surface area (Å²) in [7, 11) is 0. The van der Waals surface area contributed by atoms with Gasteiger partial charge in [-0.3, -0.25) is 4.79 Å². The van der Waals surface area contributed by atoms with E-state index < -0.39 is 0 Å². The minimum atomic E-state index is -0.161. The first kappa shape index (κ1) is 13.3. The molecular weight excluding hydrogens is 240 g/mol. The summed E-state index contributed by atoms with van der Waals surface area (Å²) in [6.07, 6.45) is 4.27. The van der Waals surface area contributed by atoms with E-state index in [0.29, 0.717) is 6.54 Å². The maximum atomic E-state index is 12.1. The van der Waals surface area contributed by atoms with Gasteiger partial charge in [-0.05, 0) is 24.6 Å². The topological polar surface area (TPSA) is 72.9 Å². The van der Waals surface area contributed by atoms with E-state index in [0.717, 1.165) is 17.8 Å². The van der Waals surface area contributed by atoms with Crippen LogP contribution in [0.15, 0.2) is 42.7 Å². The van der Waals surface area contributed by atoms with E-state index in [1.165, 1.54) is 0 Å². The van der Waals surface area contributed by atoms with Crippen LogP contribution in [0.3, 0.4) is 0 Å². The average Bonchev–Trinajstić information content (AvgIpc) is 2.94. The largest absolute Gasteiger partial charge is 0.330 e. The monoisotopic (exact) mass is 258 g/mol. The fourth-order valence-corrected chi connectivity index (χ4v) is 1.88. The summed E-state index contributed by atoms with van der Waals surface area (Å²) in [6, 6.07) is 9.40. The molecule has 0 saturated heterocycles. The summed E-state index contributed by atoms with van der Waals surface area (Å²) in [6.45, 7) is 2.31. The van der Waals surface area contributed by atoms with Gasteiger partial charge < -0.3 is 11.1 Å². The number of aromatic nitrogens is 2. The Labute approximate surface area is 112 Å². The number of nitrogens with two attached hydrogens (primary N) is 1. The third kappa shape index (κ3) is 3.00. The maximum absolute atomic E-state index is 12.1. The first-order valence-corrected chi connectivity index (χ1v) is 6.36. The number of nitrogens with one attached hydrogen (secondary N) is 1. The molecule has 0 spiro atoms. The molecule has 0 aliphatic heterocycles. The zero-order valence-corrected chi connectivity index (χ0v) is 10.9. The summed E-state index contributed by atoms with van der Waals surface area (Å²) in [4.78, 5) is 12.1. The molecule has 5 heteroatoms. The molecule has 1 aromatic heterocycles. The van der Waals surface area contributed by atoms with E-state index in [1.54, 1.807) is 10.9 Å². The lowest BCUT2D eigenvalue weighted by atomic mass is 10.1. The van der Waals surface area contributed by atoms with Crippen molar-refractivity contribution in [3.8, 4) is 5.69 Å². The highest BCUT2D eigenvalue weighted by atomic mass is 16.1.